The molecular formula is C9H15NO3S. The second-order valence-corrected chi connectivity index (χ2v) is 5.35. The zero-order valence-electron chi connectivity index (χ0n) is 8.19. The molecule has 0 spiro atoms. The molecule has 0 aromatic carbocycles. The molecule has 5 heteroatoms. The van der Waals surface area contributed by atoms with Crippen LogP contribution in [0, 0.1) is 0 Å². The van der Waals surface area contributed by atoms with Crippen molar-refractivity contribution in [3.63, 3.8) is 0 Å². The van der Waals surface area contributed by atoms with E-state index in [0.29, 0.717) is 24.5 Å². The predicted octanol–water partition coefficient (Wildman–Crippen LogP) is 1.06. The summed E-state index contributed by atoms with van der Waals surface area (Å²) in [6.07, 6.45) is 0.632. The van der Waals surface area contributed by atoms with Gasteiger partial charge in [-0.3, -0.25) is 0 Å². The van der Waals surface area contributed by atoms with Crippen molar-refractivity contribution in [3.05, 3.63) is 23.7 Å². The van der Waals surface area contributed by atoms with E-state index in [1.165, 1.54) is 0 Å². The Bertz CT molecular complexity index is 381. The lowest BCUT2D eigenvalue weighted by atomic mass is 10.4. The van der Waals surface area contributed by atoms with E-state index in [1.54, 1.807) is 12.1 Å². The lowest BCUT2D eigenvalue weighted by Crippen LogP contribution is -2.07. The minimum atomic E-state index is -3.01. The molecule has 1 rings (SSSR count). The van der Waals surface area contributed by atoms with Crippen LogP contribution in [0.5, 0.6) is 0 Å². The van der Waals surface area contributed by atoms with Crippen LogP contribution in [0.1, 0.15) is 24.9 Å². The molecule has 0 atom stereocenters. The fourth-order valence-corrected chi connectivity index (χ4v) is 2.56. The quantitative estimate of drug-likeness (QED) is 0.800. The molecule has 1 heterocycles. The standard InChI is InChI=1S/C9H15NO3S/c1-2-5-14(11,12)7-9-4-3-8(6-10)13-9/h3-4H,2,5-7,10H2,1H3. The van der Waals surface area contributed by atoms with Crippen LogP contribution in [0.15, 0.2) is 16.5 Å². The first-order valence-electron chi connectivity index (χ1n) is 4.55. The molecule has 1 aromatic rings. The minimum absolute atomic E-state index is 0.0269. The Hall–Kier alpha value is -0.810. The van der Waals surface area contributed by atoms with E-state index in [9.17, 15) is 8.42 Å². The maximum absolute atomic E-state index is 11.4. The first-order chi connectivity index (χ1) is 6.57. The average Bonchev–Trinajstić information content (AvgIpc) is 2.51. The number of hydrogen-bond acceptors (Lipinski definition) is 4. The van der Waals surface area contributed by atoms with Gasteiger partial charge in [0, 0.05) is 0 Å². The zero-order chi connectivity index (χ0) is 10.6. The van der Waals surface area contributed by atoms with E-state index in [1.807, 2.05) is 6.92 Å². The summed E-state index contributed by atoms with van der Waals surface area (Å²) in [5.74, 6) is 1.26. The van der Waals surface area contributed by atoms with E-state index in [2.05, 4.69) is 0 Å². The highest BCUT2D eigenvalue weighted by Crippen LogP contribution is 2.11. The third kappa shape index (κ3) is 3.16. The Kier molecular flexibility index (Phi) is 3.71. The number of sulfone groups is 1. The van der Waals surface area contributed by atoms with Gasteiger partial charge in [-0.05, 0) is 18.6 Å². The van der Waals surface area contributed by atoms with E-state index >= 15 is 0 Å². The van der Waals surface area contributed by atoms with Crippen LogP contribution in [0.4, 0.5) is 0 Å². The van der Waals surface area contributed by atoms with Crippen LogP contribution in [0.25, 0.3) is 0 Å². The van der Waals surface area contributed by atoms with Crippen LogP contribution >= 0.6 is 0 Å². The highest BCUT2D eigenvalue weighted by atomic mass is 32.2. The molecule has 0 saturated heterocycles. The number of furan rings is 1. The molecule has 2 N–H and O–H groups in total. The number of hydrogen-bond donors (Lipinski definition) is 1. The average molecular weight is 217 g/mol. The summed E-state index contributed by atoms with van der Waals surface area (Å²) < 4.78 is 28.0. The van der Waals surface area contributed by atoms with Gasteiger partial charge in [0.25, 0.3) is 0 Å². The van der Waals surface area contributed by atoms with Crippen molar-refractivity contribution < 1.29 is 12.8 Å². The van der Waals surface area contributed by atoms with Gasteiger partial charge in [-0.2, -0.15) is 0 Å². The molecule has 1 aromatic heterocycles. The van der Waals surface area contributed by atoms with Gasteiger partial charge in [-0.25, -0.2) is 8.42 Å². The summed E-state index contributed by atoms with van der Waals surface area (Å²) in [5, 5.41) is 0. The summed E-state index contributed by atoms with van der Waals surface area (Å²) in [6.45, 7) is 2.14. The van der Waals surface area contributed by atoms with Gasteiger partial charge >= 0.3 is 0 Å². The van der Waals surface area contributed by atoms with Crippen molar-refractivity contribution in [2.45, 2.75) is 25.6 Å². The van der Waals surface area contributed by atoms with E-state index in [-0.39, 0.29) is 11.5 Å². The molecule has 0 amide bonds. The second-order valence-electron chi connectivity index (χ2n) is 3.16. The molecule has 0 saturated carbocycles. The van der Waals surface area contributed by atoms with E-state index < -0.39 is 9.84 Å². The fraction of sp³-hybridized carbons (Fsp3) is 0.556. The third-order valence-electron chi connectivity index (χ3n) is 1.80. The molecule has 14 heavy (non-hydrogen) atoms. The van der Waals surface area contributed by atoms with Crippen LogP contribution in [0.3, 0.4) is 0 Å². The zero-order valence-corrected chi connectivity index (χ0v) is 9.01. The number of nitrogens with two attached hydrogens (primary N) is 1. The van der Waals surface area contributed by atoms with Crippen LogP contribution in [-0.2, 0) is 22.1 Å². The Morgan fingerprint density at radius 1 is 1.36 bits per heavy atom. The van der Waals surface area contributed by atoms with Crippen molar-refractivity contribution in [2.24, 2.45) is 5.73 Å². The molecule has 0 aliphatic rings. The maximum Gasteiger partial charge on any atom is 0.157 e. The van der Waals surface area contributed by atoms with Crippen molar-refractivity contribution >= 4 is 9.84 Å². The SMILES string of the molecule is CCCS(=O)(=O)Cc1ccc(CN)o1. The van der Waals surface area contributed by atoms with Crippen LogP contribution < -0.4 is 5.73 Å². The van der Waals surface area contributed by atoms with Crippen molar-refractivity contribution in [1.29, 1.82) is 0 Å². The lowest BCUT2D eigenvalue weighted by Gasteiger charge is -1.99. The van der Waals surface area contributed by atoms with Gasteiger partial charge in [-0.15, -0.1) is 0 Å². The molecule has 0 unspecified atom stereocenters. The fourth-order valence-electron chi connectivity index (χ4n) is 1.21. The molecule has 4 nitrogen and oxygen atoms in total. The maximum atomic E-state index is 11.4. The van der Waals surface area contributed by atoms with Crippen molar-refractivity contribution in [3.8, 4) is 0 Å². The van der Waals surface area contributed by atoms with Crippen LogP contribution in [-0.4, -0.2) is 14.2 Å². The Balaban J connectivity index is 2.69. The first-order valence-corrected chi connectivity index (χ1v) is 6.37. The van der Waals surface area contributed by atoms with Crippen molar-refractivity contribution in [1.82, 2.24) is 0 Å². The van der Waals surface area contributed by atoms with Gasteiger partial charge < -0.3 is 10.2 Å². The third-order valence-corrected chi connectivity index (χ3v) is 3.55. The van der Waals surface area contributed by atoms with E-state index in [0.717, 1.165) is 0 Å². The molecule has 0 aliphatic heterocycles. The van der Waals surface area contributed by atoms with Gasteiger partial charge in [-0.1, -0.05) is 6.92 Å². The Labute approximate surface area is 84.0 Å². The molecule has 0 aliphatic carbocycles. The molecule has 0 bridgehead atoms. The summed E-state index contributed by atoms with van der Waals surface area (Å²) >= 11 is 0. The summed E-state index contributed by atoms with van der Waals surface area (Å²) in [5.41, 5.74) is 5.34. The van der Waals surface area contributed by atoms with Gasteiger partial charge in [0.05, 0.1) is 12.3 Å². The van der Waals surface area contributed by atoms with E-state index in [4.69, 9.17) is 10.2 Å². The Morgan fingerprint density at radius 3 is 2.50 bits per heavy atom. The molecular weight excluding hydrogens is 202 g/mol. The second kappa shape index (κ2) is 4.61. The minimum Gasteiger partial charge on any atom is -0.464 e. The van der Waals surface area contributed by atoms with Gasteiger partial charge in [0.15, 0.2) is 9.84 Å². The predicted molar refractivity (Wildman–Crippen MR) is 54.4 cm³/mol. The molecule has 0 radical (unpaired) electrons. The number of rotatable bonds is 5. The Morgan fingerprint density at radius 2 is 2.00 bits per heavy atom. The van der Waals surface area contributed by atoms with Gasteiger partial charge in [0.2, 0.25) is 0 Å². The summed E-state index contributed by atoms with van der Waals surface area (Å²) in [4.78, 5) is 0. The van der Waals surface area contributed by atoms with Gasteiger partial charge in [0.1, 0.15) is 17.3 Å². The smallest absolute Gasteiger partial charge is 0.157 e. The highest BCUT2D eigenvalue weighted by Gasteiger charge is 2.13. The molecule has 80 valence electrons. The van der Waals surface area contributed by atoms with Crippen LogP contribution in [0.2, 0.25) is 0 Å². The first kappa shape index (κ1) is 11.3. The highest BCUT2D eigenvalue weighted by molar-refractivity contribution is 7.90. The lowest BCUT2D eigenvalue weighted by molar-refractivity contribution is 0.477. The largest absolute Gasteiger partial charge is 0.464 e. The monoisotopic (exact) mass is 217 g/mol. The topological polar surface area (TPSA) is 73.3 Å². The molecule has 0 fully saturated rings. The normalized spacial score (nSPS) is 11.9. The summed E-state index contributed by atoms with van der Waals surface area (Å²) in [7, 11) is -3.01. The summed E-state index contributed by atoms with van der Waals surface area (Å²) in [6, 6.07) is 3.37. The van der Waals surface area contributed by atoms with Crippen molar-refractivity contribution in [2.75, 3.05) is 5.75 Å².